The Hall–Kier alpha value is -2.91. The lowest BCUT2D eigenvalue weighted by atomic mass is 10.0. The largest absolute Gasteiger partial charge is 0.445 e. The molecule has 37 heavy (non-hydrogen) atoms. The summed E-state index contributed by atoms with van der Waals surface area (Å²) in [5.74, 6) is 0.00523. The molecule has 0 spiro atoms. The molecule has 0 aromatic heterocycles. The molecule has 0 saturated heterocycles. The van der Waals surface area contributed by atoms with Crippen molar-refractivity contribution in [3.05, 3.63) is 101 Å². The summed E-state index contributed by atoms with van der Waals surface area (Å²) < 4.78 is 33.5. The summed E-state index contributed by atoms with van der Waals surface area (Å²) in [6.07, 6.45) is -1.61. The first kappa shape index (κ1) is 28.7. The molecule has 7 nitrogen and oxygen atoms in total. The molecule has 0 radical (unpaired) electrons. The zero-order valence-corrected chi connectivity index (χ0v) is 22.5. The molecule has 2 N–H and O–H groups in total. The van der Waals surface area contributed by atoms with Gasteiger partial charge in [0.05, 0.1) is 17.0 Å². The molecule has 0 unspecified atom stereocenters. The van der Waals surface area contributed by atoms with E-state index in [1.165, 1.54) is 28.6 Å². The molecule has 0 bridgehead atoms. The Kier molecular flexibility index (Phi) is 10.5. The van der Waals surface area contributed by atoms with Crippen molar-refractivity contribution in [3.8, 4) is 0 Å². The van der Waals surface area contributed by atoms with Gasteiger partial charge in [-0.2, -0.15) is 4.31 Å². The molecule has 1 amide bonds. The maximum absolute atomic E-state index is 13.4. The molecule has 3 rings (SSSR count). The predicted molar refractivity (Wildman–Crippen MR) is 145 cm³/mol. The van der Waals surface area contributed by atoms with Crippen molar-refractivity contribution in [2.24, 2.45) is 5.92 Å². The number of sulfonamides is 1. The van der Waals surface area contributed by atoms with Crippen molar-refractivity contribution in [2.45, 2.75) is 43.9 Å². The summed E-state index contributed by atoms with van der Waals surface area (Å²) in [4.78, 5) is 12.7. The molecular weight excluding hydrogens is 512 g/mol. The van der Waals surface area contributed by atoms with Gasteiger partial charge in [0.2, 0.25) is 10.0 Å². The van der Waals surface area contributed by atoms with Crippen LogP contribution in [0.2, 0.25) is 5.02 Å². The second kappa shape index (κ2) is 13.6. The average Bonchev–Trinajstić information content (AvgIpc) is 2.88. The van der Waals surface area contributed by atoms with E-state index < -0.39 is 28.3 Å². The zero-order valence-electron chi connectivity index (χ0n) is 21.0. The molecule has 0 aliphatic heterocycles. The normalized spacial score (nSPS) is 13.4. The van der Waals surface area contributed by atoms with Crippen LogP contribution in [-0.4, -0.2) is 49.2 Å². The first-order valence-electron chi connectivity index (χ1n) is 12.1. The van der Waals surface area contributed by atoms with E-state index in [9.17, 15) is 18.3 Å². The van der Waals surface area contributed by atoms with E-state index in [4.69, 9.17) is 16.3 Å². The minimum atomic E-state index is -3.92. The van der Waals surface area contributed by atoms with Gasteiger partial charge in [-0.25, -0.2) is 13.2 Å². The molecule has 3 aromatic carbocycles. The molecule has 0 heterocycles. The molecule has 0 aliphatic rings. The van der Waals surface area contributed by atoms with Gasteiger partial charge in [-0.15, -0.1) is 0 Å². The lowest BCUT2D eigenvalue weighted by Gasteiger charge is -2.30. The van der Waals surface area contributed by atoms with Crippen LogP contribution in [0.5, 0.6) is 0 Å². The maximum atomic E-state index is 13.4. The quantitative estimate of drug-likeness (QED) is 0.338. The number of ether oxygens (including phenoxy) is 1. The second-order valence-electron chi connectivity index (χ2n) is 9.24. The van der Waals surface area contributed by atoms with Crippen molar-refractivity contribution in [1.29, 1.82) is 0 Å². The van der Waals surface area contributed by atoms with Crippen LogP contribution in [0, 0.1) is 5.92 Å². The monoisotopic (exact) mass is 544 g/mol. The van der Waals surface area contributed by atoms with Gasteiger partial charge >= 0.3 is 6.09 Å². The Morgan fingerprint density at radius 2 is 1.49 bits per heavy atom. The van der Waals surface area contributed by atoms with Crippen LogP contribution in [0.25, 0.3) is 0 Å². The van der Waals surface area contributed by atoms with Crippen molar-refractivity contribution < 1.29 is 23.1 Å². The molecular formula is C28H33ClN2O5S. The minimum Gasteiger partial charge on any atom is -0.445 e. The van der Waals surface area contributed by atoms with Gasteiger partial charge in [0.1, 0.15) is 6.61 Å². The SMILES string of the molecule is CC(C)CN(C[C@@H](O)[C@H](Cc1ccccc1)NC(=O)OCc1ccccc1)S(=O)(=O)c1ccc(Cl)cc1. The lowest BCUT2D eigenvalue weighted by molar-refractivity contribution is 0.0873. The van der Waals surface area contributed by atoms with Gasteiger partial charge in [-0.05, 0) is 47.7 Å². The van der Waals surface area contributed by atoms with E-state index >= 15 is 0 Å². The molecule has 2 atom stereocenters. The summed E-state index contributed by atoms with van der Waals surface area (Å²) in [6.45, 7) is 3.86. The number of hydrogen-bond acceptors (Lipinski definition) is 5. The summed E-state index contributed by atoms with van der Waals surface area (Å²) in [7, 11) is -3.92. The van der Waals surface area contributed by atoms with Crippen LogP contribution >= 0.6 is 11.6 Å². The van der Waals surface area contributed by atoms with Gasteiger partial charge in [-0.1, -0.05) is 86.1 Å². The Balaban J connectivity index is 1.79. The number of rotatable bonds is 12. The van der Waals surface area contributed by atoms with Crippen molar-refractivity contribution >= 4 is 27.7 Å². The third kappa shape index (κ3) is 8.86. The smallest absolute Gasteiger partial charge is 0.407 e. The number of aliphatic hydroxyl groups is 1. The van der Waals surface area contributed by atoms with Crippen molar-refractivity contribution in [1.82, 2.24) is 9.62 Å². The standard InChI is InChI=1S/C28H33ClN2O5S/c1-21(2)18-31(37(34,35)25-15-13-24(29)14-16-25)19-27(32)26(17-22-9-5-3-6-10-22)30-28(33)36-20-23-11-7-4-8-12-23/h3-16,21,26-27,32H,17-20H2,1-2H3,(H,30,33)/t26-,27+/m0/s1. The number of hydrogen-bond donors (Lipinski definition) is 2. The Labute approximate surface area is 224 Å². The molecule has 3 aromatic rings. The summed E-state index contributed by atoms with van der Waals surface area (Å²) in [5.41, 5.74) is 1.71. The average molecular weight is 545 g/mol. The third-order valence-electron chi connectivity index (χ3n) is 5.69. The zero-order chi connectivity index (χ0) is 26.8. The Bertz CT molecular complexity index is 1220. The van der Waals surface area contributed by atoms with Crippen molar-refractivity contribution in [3.63, 3.8) is 0 Å². The molecule has 0 aliphatic carbocycles. The highest BCUT2D eigenvalue weighted by Gasteiger charge is 2.31. The van der Waals surface area contributed by atoms with E-state index in [0.29, 0.717) is 11.4 Å². The van der Waals surface area contributed by atoms with Crippen LogP contribution in [0.15, 0.2) is 89.8 Å². The van der Waals surface area contributed by atoms with Crippen LogP contribution in [-0.2, 0) is 27.8 Å². The first-order chi connectivity index (χ1) is 17.6. The number of nitrogens with zero attached hydrogens (tertiary/aromatic N) is 1. The molecule has 0 fully saturated rings. The first-order valence-corrected chi connectivity index (χ1v) is 13.9. The predicted octanol–water partition coefficient (Wildman–Crippen LogP) is 4.89. The molecule has 0 saturated carbocycles. The topological polar surface area (TPSA) is 95.9 Å². The van der Waals surface area contributed by atoms with Crippen LogP contribution in [0.1, 0.15) is 25.0 Å². The molecule has 198 valence electrons. The number of nitrogens with one attached hydrogen (secondary N) is 1. The van der Waals surface area contributed by atoms with Gasteiger partial charge in [-0.3, -0.25) is 0 Å². The van der Waals surface area contributed by atoms with Crippen LogP contribution < -0.4 is 5.32 Å². The number of halogens is 1. The number of carbonyl (C=O) groups excluding carboxylic acids is 1. The highest BCUT2D eigenvalue weighted by atomic mass is 35.5. The number of benzene rings is 3. The number of amides is 1. The fourth-order valence-electron chi connectivity index (χ4n) is 3.84. The number of carbonyl (C=O) groups is 1. The van der Waals surface area contributed by atoms with E-state index in [1.807, 2.05) is 74.5 Å². The Morgan fingerprint density at radius 1 is 0.919 bits per heavy atom. The lowest BCUT2D eigenvalue weighted by Crippen LogP contribution is -2.51. The number of aliphatic hydroxyl groups excluding tert-OH is 1. The summed E-state index contributed by atoms with van der Waals surface area (Å²) in [6, 6.07) is 23.7. The van der Waals surface area contributed by atoms with E-state index in [1.54, 1.807) is 0 Å². The van der Waals surface area contributed by atoms with Gasteiger partial charge in [0, 0.05) is 18.1 Å². The summed E-state index contributed by atoms with van der Waals surface area (Å²) in [5, 5.41) is 14.4. The van der Waals surface area contributed by atoms with E-state index in [-0.39, 0.29) is 30.5 Å². The maximum Gasteiger partial charge on any atom is 0.407 e. The second-order valence-corrected chi connectivity index (χ2v) is 11.6. The fraction of sp³-hybridized carbons (Fsp3) is 0.321. The van der Waals surface area contributed by atoms with Gasteiger partial charge in [0.15, 0.2) is 0 Å². The van der Waals surface area contributed by atoms with Crippen LogP contribution in [0.4, 0.5) is 4.79 Å². The highest BCUT2D eigenvalue weighted by molar-refractivity contribution is 7.89. The van der Waals surface area contributed by atoms with Gasteiger partial charge < -0.3 is 15.2 Å². The summed E-state index contributed by atoms with van der Waals surface area (Å²) >= 11 is 5.94. The number of alkyl carbamates (subject to hydrolysis) is 1. The van der Waals surface area contributed by atoms with E-state index in [0.717, 1.165) is 11.1 Å². The highest BCUT2D eigenvalue weighted by Crippen LogP contribution is 2.21. The van der Waals surface area contributed by atoms with Crippen molar-refractivity contribution in [2.75, 3.05) is 13.1 Å². The molecule has 9 heteroatoms. The minimum absolute atomic E-state index is 0.00523. The fourth-order valence-corrected chi connectivity index (χ4v) is 5.58. The van der Waals surface area contributed by atoms with Crippen LogP contribution in [0.3, 0.4) is 0 Å². The Morgan fingerprint density at radius 3 is 2.05 bits per heavy atom. The van der Waals surface area contributed by atoms with Gasteiger partial charge in [0.25, 0.3) is 0 Å². The van der Waals surface area contributed by atoms with E-state index in [2.05, 4.69) is 5.32 Å². The third-order valence-corrected chi connectivity index (χ3v) is 7.79.